The van der Waals surface area contributed by atoms with E-state index in [4.69, 9.17) is 4.74 Å². The zero-order chi connectivity index (χ0) is 14.0. The summed E-state index contributed by atoms with van der Waals surface area (Å²) in [6, 6.07) is 0. The fourth-order valence-electron chi connectivity index (χ4n) is 3.17. The summed E-state index contributed by atoms with van der Waals surface area (Å²) in [6.45, 7) is 6.15. The molecule has 0 radical (unpaired) electrons. The molecule has 0 aromatic carbocycles. The van der Waals surface area contributed by atoms with Gasteiger partial charge >= 0.3 is 0 Å². The van der Waals surface area contributed by atoms with E-state index >= 15 is 0 Å². The van der Waals surface area contributed by atoms with E-state index < -0.39 is 0 Å². The zero-order valence-corrected chi connectivity index (χ0v) is 12.3. The van der Waals surface area contributed by atoms with Crippen molar-refractivity contribution in [1.29, 1.82) is 0 Å². The zero-order valence-electron chi connectivity index (χ0n) is 12.3. The molecule has 2 unspecified atom stereocenters. The van der Waals surface area contributed by atoms with E-state index in [0.717, 1.165) is 29.0 Å². The van der Waals surface area contributed by atoms with Crippen molar-refractivity contribution in [3.05, 3.63) is 23.0 Å². The van der Waals surface area contributed by atoms with E-state index in [1.807, 2.05) is 13.8 Å². The average Bonchev–Trinajstić information content (AvgIpc) is 2.80. The number of pyridine rings is 1. The van der Waals surface area contributed by atoms with Gasteiger partial charge in [0.05, 0.1) is 12.8 Å². The summed E-state index contributed by atoms with van der Waals surface area (Å²) in [5.74, 6) is 1.96. The van der Waals surface area contributed by atoms with Crippen molar-refractivity contribution in [2.45, 2.75) is 46.5 Å². The van der Waals surface area contributed by atoms with Crippen molar-refractivity contribution in [2.75, 3.05) is 7.11 Å². The van der Waals surface area contributed by atoms with Crippen LogP contribution in [0.25, 0.3) is 0 Å². The van der Waals surface area contributed by atoms with Gasteiger partial charge < -0.3 is 4.74 Å². The van der Waals surface area contributed by atoms with Gasteiger partial charge in [0.2, 0.25) is 0 Å². The van der Waals surface area contributed by atoms with Gasteiger partial charge in [0.15, 0.2) is 0 Å². The predicted octanol–water partition coefficient (Wildman–Crippen LogP) is 3.25. The molecule has 0 amide bonds. The third-order valence-electron chi connectivity index (χ3n) is 4.37. The summed E-state index contributed by atoms with van der Waals surface area (Å²) in [4.78, 5) is 16.8. The standard InChI is InChI=1S/C16H23NO2/c1-10-6-5-7-13(10)15(18)8-14-12(3)16(19-4)11(2)9-17-14/h9-10,13H,5-8H2,1-4H3. The molecule has 0 saturated heterocycles. The molecule has 1 aromatic heterocycles. The number of hydrogen-bond donors (Lipinski definition) is 0. The molecule has 3 nitrogen and oxygen atoms in total. The van der Waals surface area contributed by atoms with Gasteiger partial charge in [-0.1, -0.05) is 13.3 Å². The third-order valence-corrected chi connectivity index (χ3v) is 4.37. The predicted molar refractivity (Wildman–Crippen MR) is 75.5 cm³/mol. The van der Waals surface area contributed by atoms with E-state index in [0.29, 0.717) is 18.1 Å². The second-order valence-electron chi connectivity index (χ2n) is 5.70. The van der Waals surface area contributed by atoms with Crippen molar-refractivity contribution in [2.24, 2.45) is 11.8 Å². The van der Waals surface area contributed by atoms with E-state index in [2.05, 4.69) is 11.9 Å². The molecule has 104 valence electrons. The first-order valence-electron chi connectivity index (χ1n) is 7.06. The maximum Gasteiger partial charge on any atom is 0.142 e. The van der Waals surface area contributed by atoms with Crippen molar-refractivity contribution in [3.8, 4) is 5.75 Å². The highest BCUT2D eigenvalue weighted by Gasteiger charge is 2.30. The van der Waals surface area contributed by atoms with Crippen LogP contribution < -0.4 is 4.74 Å². The lowest BCUT2D eigenvalue weighted by atomic mass is 9.90. The lowest BCUT2D eigenvalue weighted by molar-refractivity contribution is -0.123. The number of ketones is 1. The SMILES string of the molecule is COc1c(C)cnc(CC(=O)C2CCCC2C)c1C. The highest BCUT2D eigenvalue weighted by molar-refractivity contribution is 5.83. The summed E-state index contributed by atoms with van der Waals surface area (Å²) in [5, 5.41) is 0. The smallest absolute Gasteiger partial charge is 0.142 e. The van der Waals surface area contributed by atoms with Gasteiger partial charge in [0, 0.05) is 29.7 Å². The summed E-state index contributed by atoms with van der Waals surface area (Å²) < 4.78 is 5.39. The maximum absolute atomic E-state index is 12.4. The molecule has 0 N–H and O–H groups in total. The highest BCUT2D eigenvalue weighted by Crippen LogP contribution is 2.33. The van der Waals surface area contributed by atoms with Crippen LogP contribution in [0.15, 0.2) is 6.20 Å². The Kier molecular flexibility index (Phi) is 4.23. The van der Waals surface area contributed by atoms with Crippen LogP contribution in [0.4, 0.5) is 0 Å². The number of rotatable bonds is 4. The first-order chi connectivity index (χ1) is 9.04. The Morgan fingerprint density at radius 3 is 2.74 bits per heavy atom. The monoisotopic (exact) mass is 261 g/mol. The van der Waals surface area contributed by atoms with Gasteiger partial charge in [-0.15, -0.1) is 0 Å². The topological polar surface area (TPSA) is 39.2 Å². The van der Waals surface area contributed by atoms with Gasteiger partial charge in [-0.2, -0.15) is 0 Å². The van der Waals surface area contributed by atoms with Gasteiger partial charge in [-0.25, -0.2) is 0 Å². The Balaban J connectivity index is 2.17. The number of ether oxygens (including phenoxy) is 1. The van der Waals surface area contributed by atoms with Crippen LogP contribution in [-0.2, 0) is 11.2 Å². The molecule has 1 fully saturated rings. The van der Waals surface area contributed by atoms with Gasteiger partial charge in [0.25, 0.3) is 0 Å². The minimum absolute atomic E-state index is 0.230. The maximum atomic E-state index is 12.4. The van der Waals surface area contributed by atoms with Crippen LogP contribution in [0, 0.1) is 25.7 Å². The molecule has 2 rings (SSSR count). The molecular weight excluding hydrogens is 238 g/mol. The van der Waals surface area contributed by atoms with E-state index in [9.17, 15) is 4.79 Å². The minimum atomic E-state index is 0.230. The number of hydrogen-bond acceptors (Lipinski definition) is 3. The van der Waals surface area contributed by atoms with Crippen LogP contribution in [0.5, 0.6) is 5.75 Å². The Morgan fingerprint density at radius 2 is 2.16 bits per heavy atom. The quantitative estimate of drug-likeness (QED) is 0.835. The lowest BCUT2D eigenvalue weighted by Crippen LogP contribution is -2.20. The molecule has 3 heteroatoms. The number of Topliss-reactive ketones (excluding diaryl/α,β-unsaturated/α-hetero) is 1. The molecule has 1 heterocycles. The van der Waals surface area contributed by atoms with Crippen molar-refractivity contribution in [3.63, 3.8) is 0 Å². The van der Waals surface area contributed by atoms with Gasteiger partial charge in [-0.3, -0.25) is 9.78 Å². The molecule has 0 aliphatic heterocycles. The van der Waals surface area contributed by atoms with Crippen molar-refractivity contribution >= 4 is 5.78 Å². The van der Waals surface area contributed by atoms with Crippen LogP contribution in [0.3, 0.4) is 0 Å². The number of methoxy groups -OCH3 is 1. The largest absolute Gasteiger partial charge is 0.496 e. The summed E-state index contributed by atoms with van der Waals surface area (Å²) in [6.07, 6.45) is 5.65. The number of carbonyl (C=O) groups excluding carboxylic acids is 1. The minimum Gasteiger partial charge on any atom is -0.496 e. The molecule has 1 aliphatic rings. The molecule has 0 spiro atoms. The number of aryl methyl sites for hydroxylation is 1. The Labute approximate surface area is 115 Å². The first-order valence-corrected chi connectivity index (χ1v) is 7.06. The van der Waals surface area contributed by atoms with Gasteiger partial charge in [0.1, 0.15) is 11.5 Å². The highest BCUT2D eigenvalue weighted by atomic mass is 16.5. The second kappa shape index (κ2) is 5.72. The number of aromatic nitrogens is 1. The first kappa shape index (κ1) is 14.0. The normalized spacial score (nSPS) is 22.5. The third kappa shape index (κ3) is 2.80. The van der Waals surface area contributed by atoms with E-state index in [1.165, 1.54) is 12.8 Å². The Hall–Kier alpha value is -1.38. The second-order valence-corrected chi connectivity index (χ2v) is 5.70. The molecule has 0 bridgehead atoms. The molecule has 2 atom stereocenters. The lowest BCUT2D eigenvalue weighted by Gasteiger charge is -2.16. The average molecular weight is 261 g/mol. The van der Waals surface area contributed by atoms with Gasteiger partial charge in [-0.05, 0) is 32.6 Å². The Bertz CT molecular complexity index is 482. The van der Waals surface area contributed by atoms with E-state index in [1.54, 1.807) is 13.3 Å². The van der Waals surface area contributed by atoms with Crippen LogP contribution >= 0.6 is 0 Å². The molecule has 1 aromatic rings. The van der Waals surface area contributed by atoms with Crippen molar-refractivity contribution < 1.29 is 9.53 Å². The molecule has 1 saturated carbocycles. The van der Waals surface area contributed by atoms with Crippen molar-refractivity contribution in [1.82, 2.24) is 4.98 Å². The van der Waals surface area contributed by atoms with Crippen LogP contribution in [0.2, 0.25) is 0 Å². The number of nitrogens with zero attached hydrogens (tertiary/aromatic N) is 1. The molecule has 19 heavy (non-hydrogen) atoms. The fraction of sp³-hybridized carbons (Fsp3) is 0.625. The fourth-order valence-corrected chi connectivity index (χ4v) is 3.17. The summed E-state index contributed by atoms with van der Waals surface area (Å²) in [7, 11) is 1.67. The van der Waals surface area contributed by atoms with Crippen LogP contribution in [0.1, 0.15) is 43.0 Å². The molecular formula is C16H23NO2. The Morgan fingerprint density at radius 1 is 1.42 bits per heavy atom. The van der Waals surface area contributed by atoms with E-state index in [-0.39, 0.29) is 5.92 Å². The molecule has 1 aliphatic carbocycles. The summed E-state index contributed by atoms with van der Waals surface area (Å²) >= 11 is 0. The number of carbonyl (C=O) groups is 1. The summed E-state index contributed by atoms with van der Waals surface area (Å²) in [5.41, 5.74) is 2.89. The van der Waals surface area contributed by atoms with Crippen LogP contribution in [-0.4, -0.2) is 17.9 Å².